The van der Waals surface area contributed by atoms with Crippen molar-refractivity contribution >= 4 is 11.8 Å². The third-order valence-corrected chi connectivity index (χ3v) is 4.56. The molecule has 1 aliphatic carbocycles. The van der Waals surface area contributed by atoms with Crippen LogP contribution in [0.25, 0.3) is 0 Å². The summed E-state index contributed by atoms with van der Waals surface area (Å²) in [4.78, 5) is 31.1. The molecule has 2 amide bonds. The van der Waals surface area contributed by atoms with Crippen molar-refractivity contribution in [2.75, 3.05) is 0 Å². The first kappa shape index (κ1) is 17.2. The second kappa shape index (κ2) is 7.94. The SMILES string of the molecule is O=C(N[C@@H]1CC[C@H](C(=O)NCc2ccncc2)C[C@H]1O)c1ccc[nH]1. The molecule has 1 aliphatic rings. The molecule has 7 heteroatoms. The number of H-pyrrole nitrogens is 1. The molecule has 3 rings (SSSR count). The van der Waals surface area contributed by atoms with Crippen molar-refractivity contribution in [3.8, 4) is 0 Å². The van der Waals surface area contributed by atoms with Crippen molar-refractivity contribution < 1.29 is 14.7 Å². The Morgan fingerprint density at radius 2 is 2.04 bits per heavy atom. The van der Waals surface area contributed by atoms with Gasteiger partial charge in [0.15, 0.2) is 0 Å². The molecule has 0 aliphatic heterocycles. The third kappa shape index (κ3) is 4.45. The van der Waals surface area contributed by atoms with Crippen molar-refractivity contribution in [3.05, 3.63) is 54.1 Å². The van der Waals surface area contributed by atoms with Gasteiger partial charge in [0.05, 0.1) is 12.1 Å². The standard InChI is InChI=1S/C18H22N4O3/c23-16-10-13(17(24)21-11-12-5-8-19-9-6-12)3-4-14(16)22-18(25)15-2-1-7-20-15/h1-2,5-9,13-14,16,20,23H,3-4,10-11H2,(H,21,24)(H,22,25)/t13-,14+,16+/m0/s1. The number of hydrogen-bond acceptors (Lipinski definition) is 4. The van der Waals surface area contributed by atoms with Gasteiger partial charge in [0.25, 0.3) is 5.91 Å². The van der Waals surface area contributed by atoms with Gasteiger partial charge in [-0.2, -0.15) is 0 Å². The van der Waals surface area contributed by atoms with Crippen molar-refractivity contribution in [2.24, 2.45) is 5.92 Å². The zero-order valence-corrected chi connectivity index (χ0v) is 13.8. The van der Waals surface area contributed by atoms with E-state index in [9.17, 15) is 14.7 Å². The molecule has 25 heavy (non-hydrogen) atoms. The molecular formula is C18H22N4O3. The molecule has 2 heterocycles. The van der Waals surface area contributed by atoms with Crippen LogP contribution in [0.3, 0.4) is 0 Å². The second-order valence-corrected chi connectivity index (χ2v) is 6.31. The topological polar surface area (TPSA) is 107 Å². The normalized spacial score (nSPS) is 23.0. The predicted molar refractivity (Wildman–Crippen MR) is 91.5 cm³/mol. The summed E-state index contributed by atoms with van der Waals surface area (Å²) in [7, 11) is 0. The minimum Gasteiger partial charge on any atom is -0.391 e. The highest BCUT2D eigenvalue weighted by atomic mass is 16.3. The fraction of sp³-hybridized carbons (Fsp3) is 0.389. The molecule has 0 radical (unpaired) electrons. The molecule has 132 valence electrons. The van der Waals surface area contributed by atoms with Crippen LogP contribution in [0.4, 0.5) is 0 Å². The second-order valence-electron chi connectivity index (χ2n) is 6.31. The van der Waals surface area contributed by atoms with E-state index in [0.29, 0.717) is 31.5 Å². The van der Waals surface area contributed by atoms with Gasteiger partial charge < -0.3 is 20.7 Å². The predicted octanol–water partition coefficient (Wildman–Crippen LogP) is 0.985. The molecule has 0 aromatic carbocycles. The molecular weight excluding hydrogens is 320 g/mol. The van der Waals surface area contributed by atoms with Crippen LogP contribution in [-0.2, 0) is 11.3 Å². The molecule has 2 aromatic heterocycles. The number of rotatable bonds is 5. The number of aliphatic hydroxyl groups excluding tert-OH is 1. The number of pyridine rings is 1. The summed E-state index contributed by atoms with van der Waals surface area (Å²) < 4.78 is 0. The largest absolute Gasteiger partial charge is 0.391 e. The van der Waals surface area contributed by atoms with Crippen LogP contribution in [0.15, 0.2) is 42.9 Å². The number of nitrogens with one attached hydrogen (secondary N) is 3. The summed E-state index contributed by atoms with van der Waals surface area (Å²) in [6, 6.07) is 6.79. The number of aliphatic hydroxyl groups is 1. The highest BCUT2D eigenvalue weighted by Gasteiger charge is 2.33. The molecule has 0 unspecified atom stereocenters. The highest BCUT2D eigenvalue weighted by Crippen LogP contribution is 2.25. The lowest BCUT2D eigenvalue weighted by atomic mass is 9.83. The van der Waals surface area contributed by atoms with E-state index in [4.69, 9.17) is 0 Å². The van der Waals surface area contributed by atoms with E-state index in [1.807, 2.05) is 12.1 Å². The van der Waals surface area contributed by atoms with E-state index in [1.165, 1.54) is 0 Å². The average Bonchev–Trinajstić information content (AvgIpc) is 3.17. The van der Waals surface area contributed by atoms with Gasteiger partial charge in [-0.05, 0) is 49.1 Å². The number of amides is 2. The summed E-state index contributed by atoms with van der Waals surface area (Å²) in [6.07, 6.45) is 5.86. The maximum Gasteiger partial charge on any atom is 0.267 e. The van der Waals surface area contributed by atoms with Crippen molar-refractivity contribution in [1.29, 1.82) is 0 Å². The molecule has 4 N–H and O–H groups in total. The van der Waals surface area contributed by atoms with Gasteiger partial charge in [0.2, 0.25) is 5.91 Å². The van der Waals surface area contributed by atoms with E-state index in [1.54, 1.807) is 30.7 Å². The molecule has 2 aromatic rings. The maximum absolute atomic E-state index is 12.3. The van der Waals surface area contributed by atoms with Crippen LogP contribution < -0.4 is 10.6 Å². The first-order valence-electron chi connectivity index (χ1n) is 8.42. The van der Waals surface area contributed by atoms with Crippen molar-refractivity contribution in [2.45, 2.75) is 38.0 Å². The Kier molecular flexibility index (Phi) is 5.45. The Morgan fingerprint density at radius 1 is 1.24 bits per heavy atom. The van der Waals surface area contributed by atoms with Crippen molar-refractivity contribution in [3.63, 3.8) is 0 Å². The van der Waals surface area contributed by atoms with Crippen LogP contribution in [0, 0.1) is 5.92 Å². The first-order chi connectivity index (χ1) is 12.1. The fourth-order valence-electron chi connectivity index (χ4n) is 3.11. The first-order valence-corrected chi connectivity index (χ1v) is 8.42. The van der Waals surface area contributed by atoms with Crippen LogP contribution in [-0.4, -0.2) is 39.0 Å². The zero-order valence-electron chi connectivity index (χ0n) is 13.8. The van der Waals surface area contributed by atoms with Crippen LogP contribution >= 0.6 is 0 Å². The van der Waals surface area contributed by atoms with Gasteiger partial charge in [0.1, 0.15) is 5.69 Å². The molecule has 0 bridgehead atoms. The lowest BCUT2D eigenvalue weighted by Gasteiger charge is -2.32. The van der Waals surface area contributed by atoms with Crippen LogP contribution in [0.2, 0.25) is 0 Å². The van der Waals surface area contributed by atoms with Gasteiger partial charge in [-0.25, -0.2) is 0 Å². The summed E-state index contributed by atoms with van der Waals surface area (Å²) in [6.45, 7) is 0.445. The van der Waals surface area contributed by atoms with Gasteiger partial charge in [0, 0.05) is 31.1 Å². The lowest BCUT2D eigenvalue weighted by molar-refractivity contribution is -0.127. The van der Waals surface area contributed by atoms with E-state index in [2.05, 4.69) is 20.6 Å². The Hall–Kier alpha value is -2.67. The minimum atomic E-state index is -0.732. The number of aromatic amines is 1. The zero-order chi connectivity index (χ0) is 17.6. The van der Waals surface area contributed by atoms with Crippen molar-refractivity contribution in [1.82, 2.24) is 20.6 Å². The van der Waals surface area contributed by atoms with Gasteiger partial charge in [-0.3, -0.25) is 14.6 Å². The number of carbonyl (C=O) groups excluding carboxylic acids is 2. The van der Waals surface area contributed by atoms with Gasteiger partial charge in [-0.1, -0.05) is 0 Å². The monoisotopic (exact) mass is 342 g/mol. The molecule has 7 nitrogen and oxygen atoms in total. The number of carbonyl (C=O) groups is 2. The van der Waals surface area contributed by atoms with E-state index >= 15 is 0 Å². The molecule has 0 spiro atoms. The van der Waals surface area contributed by atoms with Crippen LogP contribution in [0.5, 0.6) is 0 Å². The number of nitrogens with zero attached hydrogens (tertiary/aromatic N) is 1. The maximum atomic E-state index is 12.3. The Balaban J connectivity index is 1.47. The lowest BCUT2D eigenvalue weighted by Crippen LogP contribution is -2.49. The Labute approximate surface area is 145 Å². The summed E-state index contributed by atoms with van der Waals surface area (Å²) in [5.74, 6) is -0.546. The highest BCUT2D eigenvalue weighted by molar-refractivity contribution is 5.92. The molecule has 0 saturated heterocycles. The fourth-order valence-corrected chi connectivity index (χ4v) is 3.11. The smallest absolute Gasteiger partial charge is 0.267 e. The number of aromatic nitrogens is 2. The number of hydrogen-bond donors (Lipinski definition) is 4. The molecule has 3 atom stereocenters. The summed E-state index contributed by atoms with van der Waals surface area (Å²) in [5, 5.41) is 16.0. The molecule has 1 saturated carbocycles. The molecule has 1 fully saturated rings. The van der Waals surface area contributed by atoms with Gasteiger partial charge >= 0.3 is 0 Å². The van der Waals surface area contributed by atoms with E-state index in [0.717, 1.165) is 5.56 Å². The quantitative estimate of drug-likeness (QED) is 0.650. The summed E-state index contributed by atoms with van der Waals surface area (Å²) >= 11 is 0. The Morgan fingerprint density at radius 3 is 2.72 bits per heavy atom. The summed E-state index contributed by atoms with van der Waals surface area (Å²) in [5.41, 5.74) is 1.44. The van der Waals surface area contributed by atoms with Crippen LogP contribution in [0.1, 0.15) is 35.3 Å². The minimum absolute atomic E-state index is 0.0648. The van der Waals surface area contributed by atoms with Gasteiger partial charge in [-0.15, -0.1) is 0 Å². The Bertz CT molecular complexity index is 702. The van der Waals surface area contributed by atoms with E-state index < -0.39 is 6.10 Å². The average molecular weight is 342 g/mol. The third-order valence-electron chi connectivity index (χ3n) is 4.56. The van der Waals surface area contributed by atoms with E-state index in [-0.39, 0.29) is 23.8 Å².